The van der Waals surface area contributed by atoms with E-state index in [1.54, 1.807) is 0 Å². The predicted octanol–water partition coefficient (Wildman–Crippen LogP) is 3.06. The molecule has 0 aromatic heterocycles. The molecule has 0 nitrogen and oxygen atoms in total. The Morgan fingerprint density at radius 2 is 2.10 bits per heavy atom. The van der Waals surface area contributed by atoms with Gasteiger partial charge in [0.1, 0.15) is 12.5 Å². The summed E-state index contributed by atoms with van der Waals surface area (Å²) < 4.78 is 24.9. The van der Waals surface area contributed by atoms with Crippen molar-refractivity contribution in [3.63, 3.8) is 0 Å². The van der Waals surface area contributed by atoms with Crippen LogP contribution in [0.5, 0.6) is 0 Å². The Bertz CT molecular complexity index is 235. The summed E-state index contributed by atoms with van der Waals surface area (Å²) in [5.74, 6) is -0.407. The van der Waals surface area contributed by atoms with Crippen molar-refractivity contribution in [2.24, 2.45) is 0 Å². The Morgan fingerprint density at radius 1 is 1.40 bits per heavy atom. The van der Waals surface area contributed by atoms with Crippen LogP contribution in [0.15, 0.2) is 22.7 Å². The van der Waals surface area contributed by atoms with Crippen LogP contribution in [0.4, 0.5) is 8.78 Å². The maximum absolute atomic E-state index is 12.3. The van der Waals surface area contributed by atoms with E-state index in [0.29, 0.717) is 10.0 Å². The molecule has 0 heterocycles. The first kappa shape index (κ1) is 7.66. The molecule has 0 amide bonds. The zero-order valence-corrected chi connectivity index (χ0v) is 6.66. The zero-order chi connectivity index (χ0) is 7.56. The van der Waals surface area contributed by atoms with Gasteiger partial charge in [-0.25, -0.2) is 8.78 Å². The quantitative estimate of drug-likeness (QED) is 0.663. The van der Waals surface area contributed by atoms with Crippen molar-refractivity contribution >= 4 is 15.9 Å². The van der Waals surface area contributed by atoms with E-state index in [0.717, 1.165) is 0 Å². The Balaban J connectivity index is 3.09. The van der Waals surface area contributed by atoms with Crippen LogP contribution in [0.2, 0.25) is 0 Å². The van der Waals surface area contributed by atoms with Gasteiger partial charge in [0.25, 0.3) is 0 Å². The second-order valence-corrected chi connectivity index (χ2v) is 2.72. The molecule has 0 bridgehead atoms. The summed E-state index contributed by atoms with van der Waals surface area (Å²) in [5, 5.41) is 0. The smallest absolute Gasteiger partial charge is 0.123 e. The van der Waals surface area contributed by atoms with Gasteiger partial charge in [0.15, 0.2) is 0 Å². The summed E-state index contributed by atoms with van der Waals surface area (Å²) in [6, 6.07) is 3.94. The van der Waals surface area contributed by atoms with E-state index in [1.807, 2.05) is 0 Å². The molecule has 3 heteroatoms. The molecule has 0 N–H and O–H groups in total. The van der Waals surface area contributed by atoms with E-state index in [9.17, 15) is 8.78 Å². The van der Waals surface area contributed by atoms with Gasteiger partial charge < -0.3 is 0 Å². The fourth-order valence-corrected chi connectivity index (χ4v) is 0.998. The number of alkyl halides is 1. The van der Waals surface area contributed by atoms with Gasteiger partial charge in [0, 0.05) is 4.47 Å². The third kappa shape index (κ3) is 1.53. The first-order chi connectivity index (χ1) is 4.74. The lowest BCUT2D eigenvalue weighted by Crippen LogP contribution is -1.82. The van der Waals surface area contributed by atoms with Gasteiger partial charge in [-0.3, -0.25) is 0 Å². The van der Waals surface area contributed by atoms with Gasteiger partial charge in [0.05, 0.1) is 0 Å². The normalized spacial score (nSPS) is 9.90. The maximum Gasteiger partial charge on any atom is 0.123 e. The van der Waals surface area contributed by atoms with E-state index in [-0.39, 0.29) is 0 Å². The Labute approximate surface area is 66.0 Å². The third-order valence-corrected chi connectivity index (χ3v) is 1.93. The van der Waals surface area contributed by atoms with Crippen LogP contribution in [0, 0.1) is 5.82 Å². The largest absolute Gasteiger partial charge is 0.246 e. The second kappa shape index (κ2) is 3.10. The van der Waals surface area contributed by atoms with Crippen molar-refractivity contribution in [2.75, 3.05) is 0 Å². The molecular weight excluding hydrogens is 202 g/mol. The van der Waals surface area contributed by atoms with Crippen molar-refractivity contribution in [3.8, 4) is 0 Å². The Kier molecular flexibility index (Phi) is 2.38. The van der Waals surface area contributed by atoms with Crippen molar-refractivity contribution in [2.45, 2.75) is 6.67 Å². The monoisotopic (exact) mass is 206 g/mol. The number of hydrogen-bond acceptors (Lipinski definition) is 0. The first-order valence-electron chi connectivity index (χ1n) is 2.74. The highest BCUT2D eigenvalue weighted by Gasteiger charge is 1.99. The SMILES string of the molecule is FCc1cc(F)ccc1Br. The summed E-state index contributed by atoms with van der Waals surface area (Å²) in [6.45, 7) is -0.641. The number of hydrogen-bond donors (Lipinski definition) is 0. The standard InChI is InChI=1S/C7H5BrF2/c8-7-2-1-6(10)3-5(7)4-9/h1-3H,4H2. The van der Waals surface area contributed by atoms with Crippen LogP contribution in [0.1, 0.15) is 5.56 Å². The lowest BCUT2D eigenvalue weighted by Gasteiger charge is -1.96. The second-order valence-electron chi connectivity index (χ2n) is 1.87. The summed E-state index contributed by atoms with van der Waals surface area (Å²) in [7, 11) is 0. The van der Waals surface area contributed by atoms with Crippen molar-refractivity contribution in [3.05, 3.63) is 34.1 Å². The molecule has 0 fully saturated rings. The van der Waals surface area contributed by atoms with Gasteiger partial charge in [-0.05, 0) is 23.8 Å². The van der Waals surface area contributed by atoms with Crippen LogP contribution in [-0.2, 0) is 6.67 Å². The van der Waals surface area contributed by atoms with Crippen molar-refractivity contribution < 1.29 is 8.78 Å². The lowest BCUT2D eigenvalue weighted by atomic mass is 10.2. The molecule has 0 unspecified atom stereocenters. The average molecular weight is 207 g/mol. The number of rotatable bonds is 1. The van der Waals surface area contributed by atoms with Gasteiger partial charge in [0.2, 0.25) is 0 Å². The molecule has 1 aromatic carbocycles. The minimum atomic E-state index is -0.641. The number of benzene rings is 1. The Hall–Kier alpha value is -0.440. The van der Waals surface area contributed by atoms with E-state index in [2.05, 4.69) is 15.9 Å². The summed E-state index contributed by atoms with van der Waals surface area (Å²) >= 11 is 3.08. The third-order valence-electron chi connectivity index (χ3n) is 1.15. The fraction of sp³-hybridized carbons (Fsp3) is 0.143. The highest BCUT2D eigenvalue weighted by atomic mass is 79.9. The molecule has 54 valence electrons. The minimum absolute atomic E-state index is 0.347. The van der Waals surface area contributed by atoms with Crippen LogP contribution in [0.25, 0.3) is 0 Å². The summed E-state index contributed by atoms with van der Waals surface area (Å²) in [5.41, 5.74) is 0.347. The zero-order valence-electron chi connectivity index (χ0n) is 5.07. The van der Waals surface area contributed by atoms with Gasteiger partial charge in [-0.1, -0.05) is 15.9 Å². The molecule has 1 rings (SSSR count). The predicted molar refractivity (Wildman–Crippen MR) is 38.9 cm³/mol. The molecule has 0 aliphatic heterocycles. The molecule has 0 aliphatic rings. The van der Waals surface area contributed by atoms with Gasteiger partial charge >= 0.3 is 0 Å². The first-order valence-corrected chi connectivity index (χ1v) is 3.53. The van der Waals surface area contributed by atoms with Crippen molar-refractivity contribution in [1.82, 2.24) is 0 Å². The van der Waals surface area contributed by atoms with E-state index < -0.39 is 12.5 Å². The molecule has 1 aromatic rings. The highest BCUT2D eigenvalue weighted by Crippen LogP contribution is 2.18. The Morgan fingerprint density at radius 3 is 2.60 bits per heavy atom. The topological polar surface area (TPSA) is 0 Å². The van der Waals surface area contributed by atoms with Crippen LogP contribution in [-0.4, -0.2) is 0 Å². The van der Waals surface area contributed by atoms with Crippen LogP contribution < -0.4 is 0 Å². The molecule has 0 atom stereocenters. The summed E-state index contributed by atoms with van der Waals surface area (Å²) in [6.07, 6.45) is 0. The number of halogens is 3. The maximum atomic E-state index is 12.3. The molecule has 0 aliphatic carbocycles. The van der Waals surface area contributed by atoms with E-state index in [4.69, 9.17) is 0 Å². The molecule has 0 saturated heterocycles. The van der Waals surface area contributed by atoms with Gasteiger partial charge in [-0.15, -0.1) is 0 Å². The molecule has 0 radical (unpaired) electrons. The molecular formula is C7H5BrF2. The van der Waals surface area contributed by atoms with Crippen molar-refractivity contribution in [1.29, 1.82) is 0 Å². The molecule has 0 spiro atoms. The van der Waals surface area contributed by atoms with E-state index >= 15 is 0 Å². The molecule has 0 saturated carbocycles. The lowest BCUT2D eigenvalue weighted by molar-refractivity contribution is 0.481. The average Bonchev–Trinajstić information content (AvgIpc) is 1.94. The van der Waals surface area contributed by atoms with Crippen LogP contribution >= 0.6 is 15.9 Å². The minimum Gasteiger partial charge on any atom is -0.246 e. The van der Waals surface area contributed by atoms with Crippen LogP contribution in [0.3, 0.4) is 0 Å². The summed E-state index contributed by atoms with van der Waals surface area (Å²) in [4.78, 5) is 0. The molecule has 10 heavy (non-hydrogen) atoms. The highest BCUT2D eigenvalue weighted by molar-refractivity contribution is 9.10. The van der Waals surface area contributed by atoms with Gasteiger partial charge in [-0.2, -0.15) is 0 Å². The van der Waals surface area contributed by atoms with E-state index in [1.165, 1.54) is 18.2 Å². The fourth-order valence-electron chi connectivity index (χ4n) is 0.646.